The molecule has 2 aromatic heterocycles. The minimum absolute atomic E-state index is 0.00447. The Morgan fingerprint density at radius 1 is 1.44 bits per heavy atom. The number of anilines is 1. The molecular formula is C9H10ClN5O. The summed E-state index contributed by atoms with van der Waals surface area (Å²) in [6.45, 7) is 0.550. The van der Waals surface area contributed by atoms with Crippen LogP contribution in [0.1, 0.15) is 0 Å². The minimum Gasteiger partial charge on any atom is -0.392 e. The van der Waals surface area contributed by atoms with Gasteiger partial charge in [0.15, 0.2) is 10.8 Å². The highest BCUT2D eigenvalue weighted by molar-refractivity contribution is 6.33. The largest absolute Gasteiger partial charge is 0.392 e. The molecule has 0 atom stereocenters. The first kappa shape index (κ1) is 10.8. The van der Waals surface area contributed by atoms with E-state index in [0.29, 0.717) is 17.7 Å². The van der Waals surface area contributed by atoms with Crippen LogP contribution in [-0.4, -0.2) is 31.2 Å². The van der Waals surface area contributed by atoms with Crippen LogP contribution in [0.4, 0.5) is 5.95 Å². The second kappa shape index (κ2) is 4.46. The number of hydrogen-bond acceptors (Lipinski definition) is 5. The summed E-state index contributed by atoms with van der Waals surface area (Å²) in [6.07, 6.45) is 5.04. The maximum atomic E-state index is 8.62. The molecule has 0 spiro atoms. The summed E-state index contributed by atoms with van der Waals surface area (Å²) in [5, 5.41) is 8.86. The molecule has 0 aromatic carbocycles. The van der Waals surface area contributed by atoms with Crippen LogP contribution in [0.25, 0.3) is 11.2 Å². The van der Waals surface area contributed by atoms with Crippen molar-refractivity contribution in [3.8, 4) is 0 Å². The molecular weight excluding hydrogens is 230 g/mol. The van der Waals surface area contributed by atoms with Crippen LogP contribution in [0, 0.1) is 0 Å². The highest BCUT2D eigenvalue weighted by atomic mass is 35.5. The van der Waals surface area contributed by atoms with Gasteiger partial charge in [-0.2, -0.15) is 9.97 Å². The van der Waals surface area contributed by atoms with Gasteiger partial charge in [0.1, 0.15) is 5.52 Å². The molecule has 2 rings (SSSR count). The number of aromatic nitrogens is 4. The summed E-state index contributed by atoms with van der Waals surface area (Å²) in [7, 11) is 0. The standard InChI is InChI=1S/C9H10ClN5O/c10-7-6-8(14-9(11)13-7)15(5-12-6)3-1-2-4-16/h1-2,5,16H,3-4H2,(H2,11,13,14)/b2-1-. The highest BCUT2D eigenvalue weighted by Gasteiger charge is 2.09. The van der Waals surface area contributed by atoms with Crippen molar-refractivity contribution in [1.29, 1.82) is 0 Å². The lowest BCUT2D eigenvalue weighted by Crippen LogP contribution is -2.00. The average molecular weight is 240 g/mol. The van der Waals surface area contributed by atoms with Gasteiger partial charge in [-0.15, -0.1) is 0 Å². The summed E-state index contributed by atoms with van der Waals surface area (Å²) >= 11 is 5.87. The number of fused-ring (bicyclic) bond motifs is 1. The molecule has 2 heterocycles. The van der Waals surface area contributed by atoms with E-state index in [9.17, 15) is 0 Å². The van der Waals surface area contributed by atoms with Crippen LogP contribution in [0.15, 0.2) is 18.5 Å². The van der Waals surface area contributed by atoms with Crippen molar-refractivity contribution in [3.63, 3.8) is 0 Å². The van der Waals surface area contributed by atoms with Crippen LogP contribution in [0.3, 0.4) is 0 Å². The number of nitrogens with zero attached hydrogens (tertiary/aromatic N) is 4. The molecule has 0 bridgehead atoms. The predicted octanol–water partition coefficient (Wildman–Crippen LogP) is 0.610. The van der Waals surface area contributed by atoms with Crippen molar-refractivity contribution >= 4 is 28.7 Å². The Balaban J connectivity index is 2.43. The Morgan fingerprint density at radius 3 is 3.00 bits per heavy atom. The summed E-state index contributed by atoms with van der Waals surface area (Å²) in [5.41, 5.74) is 6.61. The van der Waals surface area contributed by atoms with Gasteiger partial charge in [-0.1, -0.05) is 23.8 Å². The Bertz CT molecular complexity index is 536. The Morgan fingerprint density at radius 2 is 2.25 bits per heavy atom. The molecule has 0 aliphatic rings. The number of hydrogen-bond donors (Lipinski definition) is 2. The maximum absolute atomic E-state index is 8.62. The van der Waals surface area contributed by atoms with Gasteiger partial charge in [-0.3, -0.25) is 0 Å². The molecule has 0 amide bonds. The normalized spacial score (nSPS) is 11.6. The van der Waals surface area contributed by atoms with E-state index in [-0.39, 0.29) is 17.7 Å². The van der Waals surface area contributed by atoms with Gasteiger partial charge in [0, 0.05) is 6.54 Å². The van der Waals surface area contributed by atoms with Crippen LogP contribution >= 0.6 is 11.6 Å². The van der Waals surface area contributed by atoms with E-state index >= 15 is 0 Å². The molecule has 84 valence electrons. The summed E-state index contributed by atoms with van der Waals surface area (Å²) in [4.78, 5) is 12.0. The van der Waals surface area contributed by atoms with Gasteiger partial charge in [0.2, 0.25) is 5.95 Å². The molecule has 6 nitrogen and oxygen atoms in total. The molecule has 0 radical (unpaired) electrons. The van der Waals surface area contributed by atoms with Crippen molar-refractivity contribution in [2.45, 2.75) is 6.54 Å². The van der Waals surface area contributed by atoms with E-state index in [1.54, 1.807) is 23.0 Å². The van der Waals surface area contributed by atoms with E-state index in [1.165, 1.54) is 0 Å². The number of allylic oxidation sites excluding steroid dienone is 1. The average Bonchev–Trinajstić information content (AvgIpc) is 2.62. The van der Waals surface area contributed by atoms with Gasteiger partial charge < -0.3 is 15.4 Å². The Kier molecular flexibility index (Phi) is 3.02. The first-order valence-corrected chi connectivity index (χ1v) is 5.00. The van der Waals surface area contributed by atoms with E-state index in [2.05, 4.69) is 15.0 Å². The Hall–Kier alpha value is -1.66. The minimum atomic E-state index is 0.00447. The van der Waals surface area contributed by atoms with E-state index < -0.39 is 0 Å². The van der Waals surface area contributed by atoms with Crippen LogP contribution in [0.2, 0.25) is 5.15 Å². The quantitative estimate of drug-likeness (QED) is 0.605. The Labute approximate surface area is 96.4 Å². The van der Waals surface area contributed by atoms with Crippen molar-refractivity contribution in [2.75, 3.05) is 12.3 Å². The van der Waals surface area contributed by atoms with Crippen LogP contribution in [0.5, 0.6) is 0 Å². The number of nitrogen functional groups attached to an aromatic ring is 1. The number of halogens is 1. The zero-order valence-corrected chi connectivity index (χ0v) is 9.09. The van der Waals surface area contributed by atoms with Gasteiger partial charge in [-0.05, 0) is 0 Å². The highest BCUT2D eigenvalue weighted by Crippen LogP contribution is 2.19. The predicted molar refractivity (Wildman–Crippen MR) is 61.0 cm³/mol. The van der Waals surface area contributed by atoms with Gasteiger partial charge in [-0.25, -0.2) is 4.98 Å². The maximum Gasteiger partial charge on any atom is 0.223 e. The third-order valence-electron chi connectivity index (χ3n) is 2.01. The SMILES string of the molecule is Nc1nc(Cl)c2ncn(C/C=C\CO)c2n1. The van der Waals surface area contributed by atoms with Crippen LogP contribution in [-0.2, 0) is 6.54 Å². The third-order valence-corrected chi connectivity index (χ3v) is 2.28. The van der Waals surface area contributed by atoms with Crippen molar-refractivity contribution < 1.29 is 5.11 Å². The monoisotopic (exact) mass is 239 g/mol. The lowest BCUT2D eigenvalue weighted by molar-refractivity contribution is 0.342. The fraction of sp³-hybridized carbons (Fsp3) is 0.222. The van der Waals surface area contributed by atoms with E-state index in [1.807, 2.05) is 0 Å². The summed E-state index contributed by atoms with van der Waals surface area (Å²) in [5.74, 6) is 0.116. The van der Waals surface area contributed by atoms with Crippen molar-refractivity contribution in [2.24, 2.45) is 0 Å². The first-order valence-electron chi connectivity index (χ1n) is 4.62. The second-order valence-corrected chi connectivity index (χ2v) is 3.45. The third kappa shape index (κ3) is 1.98. The number of imidazole rings is 1. The molecule has 0 saturated carbocycles. The van der Waals surface area contributed by atoms with Gasteiger partial charge in [0.05, 0.1) is 12.9 Å². The van der Waals surface area contributed by atoms with E-state index in [0.717, 1.165) is 0 Å². The molecule has 7 heteroatoms. The lowest BCUT2D eigenvalue weighted by atomic mass is 10.5. The first-order chi connectivity index (χ1) is 7.72. The molecule has 16 heavy (non-hydrogen) atoms. The molecule has 0 aliphatic heterocycles. The van der Waals surface area contributed by atoms with Crippen LogP contribution < -0.4 is 5.73 Å². The number of aliphatic hydroxyl groups is 1. The number of nitrogens with two attached hydrogens (primary N) is 1. The smallest absolute Gasteiger partial charge is 0.223 e. The second-order valence-electron chi connectivity index (χ2n) is 3.10. The van der Waals surface area contributed by atoms with Gasteiger partial charge in [0.25, 0.3) is 0 Å². The zero-order chi connectivity index (χ0) is 11.5. The fourth-order valence-electron chi connectivity index (χ4n) is 1.32. The molecule has 0 unspecified atom stereocenters. The zero-order valence-electron chi connectivity index (χ0n) is 8.34. The molecule has 0 aliphatic carbocycles. The van der Waals surface area contributed by atoms with Gasteiger partial charge >= 0.3 is 0 Å². The number of aliphatic hydroxyl groups excluding tert-OH is 1. The number of rotatable bonds is 3. The molecule has 3 N–H and O–H groups in total. The van der Waals surface area contributed by atoms with Crippen molar-refractivity contribution in [1.82, 2.24) is 19.5 Å². The molecule has 2 aromatic rings. The van der Waals surface area contributed by atoms with E-state index in [4.69, 9.17) is 22.4 Å². The molecule has 0 fully saturated rings. The fourth-order valence-corrected chi connectivity index (χ4v) is 1.54. The topological polar surface area (TPSA) is 89.8 Å². The van der Waals surface area contributed by atoms with Crippen molar-refractivity contribution in [3.05, 3.63) is 23.6 Å². The summed E-state index contributed by atoms with van der Waals surface area (Å²) < 4.78 is 1.77. The lowest BCUT2D eigenvalue weighted by Gasteiger charge is -1.99. The summed E-state index contributed by atoms with van der Waals surface area (Å²) in [6, 6.07) is 0. The molecule has 0 saturated heterocycles.